The Labute approximate surface area is 114 Å². The molecule has 0 spiro atoms. The maximum Gasteiger partial charge on any atom is 0.372 e. The van der Waals surface area contributed by atoms with E-state index in [-0.39, 0.29) is 17.9 Å². The van der Waals surface area contributed by atoms with E-state index < -0.39 is 11.8 Å². The molecule has 0 aliphatic rings. The molecule has 0 saturated carbocycles. The summed E-state index contributed by atoms with van der Waals surface area (Å²) in [6, 6.07) is 7.29. The third-order valence-corrected chi connectivity index (χ3v) is 2.72. The Morgan fingerprint density at radius 1 is 1.50 bits per heavy atom. The van der Waals surface area contributed by atoms with E-state index in [1.807, 2.05) is 6.07 Å². The monoisotopic (exact) mass is 274 g/mol. The van der Waals surface area contributed by atoms with Crippen LogP contribution in [0.15, 0.2) is 28.7 Å². The van der Waals surface area contributed by atoms with Gasteiger partial charge >= 0.3 is 5.97 Å². The minimum absolute atomic E-state index is 0.110. The number of carboxylic acids is 1. The number of nitriles is 1. The third-order valence-electron chi connectivity index (χ3n) is 2.72. The Balaban J connectivity index is 2.15. The molecule has 20 heavy (non-hydrogen) atoms. The number of hydrogen-bond donors (Lipinski definition) is 2. The lowest BCUT2D eigenvalue weighted by Gasteiger charge is -2.06. The number of carbonyl (C=O) groups is 1. The molecule has 6 heteroatoms. The van der Waals surface area contributed by atoms with Gasteiger partial charge in [-0.2, -0.15) is 5.26 Å². The molecule has 0 radical (unpaired) electrons. The van der Waals surface area contributed by atoms with Crippen molar-refractivity contribution in [2.45, 2.75) is 13.5 Å². The van der Waals surface area contributed by atoms with Gasteiger partial charge in [-0.15, -0.1) is 0 Å². The molecule has 1 aromatic heterocycles. The Kier molecular flexibility index (Phi) is 3.71. The summed E-state index contributed by atoms with van der Waals surface area (Å²) in [6.45, 7) is 1.84. The van der Waals surface area contributed by atoms with Gasteiger partial charge in [0.1, 0.15) is 17.6 Å². The summed E-state index contributed by atoms with van der Waals surface area (Å²) >= 11 is 0. The largest absolute Gasteiger partial charge is 0.475 e. The first-order valence-corrected chi connectivity index (χ1v) is 5.77. The number of furan rings is 1. The summed E-state index contributed by atoms with van der Waals surface area (Å²) in [4.78, 5) is 10.8. The molecule has 0 bridgehead atoms. The third kappa shape index (κ3) is 2.78. The Bertz CT molecular complexity index is 701. The van der Waals surface area contributed by atoms with Crippen molar-refractivity contribution in [3.63, 3.8) is 0 Å². The molecule has 2 N–H and O–H groups in total. The molecule has 2 rings (SSSR count). The number of anilines is 1. The van der Waals surface area contributed by atoms with E-state index in [1.54, 1.807) is 13.0 Å². The second-order valence-corrected chi connectivity index (χ2v) is 4.19. The molecule has 0 saturated heterocycles. The number of carboxylic acid groups (broad SMARTS) is 1. The van der Waals surface area contributed by atoms with Crippen molar-refractivity contribution < 1.29 is 18.7 Å². The van der Waals surface area contributed by atoms with E-state index in [2.05, 4.69) is 5.32 Å². The Hall–Kier alpha value is -2.81. The van der Waals surface area contributed by atoms with Crippen molar-refractivity contribution in [3.05, 3.63) is 52.7 Å². The van der Waals surface area contributed by atoms with Gasteiger partial charge in [-0.25, -0.2) is 9.18 Å². The number of aromatic carboxylic acids is 1. The molecule has 5 nitrogen and oxygen atoms in total. The van der Waals surface area contributed by atoms with Gasteiger partial charge in [0, 0.05) is 5.56 Å². The number of aryl methyl sites for hydroxylation is 1. The fourth-order valence-electron chi connectivity index (χ4n) is 1.79. The lowest BCUT2D eigenvalue weighted by Crippen LogP contribution is -2.01. The number of nitrogens with one attached hydrogen (secondary N) is 1. The zero-order chi connectivity index (χ0) is 14.7. The van der Waals surface area contributed by atoms with Crippen LogP contribution in [-0.2, 0) is 6.54 Å². The fraction of sp³-hybridized carbons (Fsp3) is 0.143. The highest BCUT2D eigenvalue weighted by Gasteiger charge is 2.14. The standard InChI is InChI=1S/C14H11FN2O3/c1-8-4-11(20-13(8)14(18)19)7-17-12-3-2-10(15)5-9(12)6-16/h2-5,17H,7H2,1H3,(H,18,19). The van der Waals surface area contributed by atoms with Crippen LogP contribution in [0.2, 0.25) is 0 Å². The predicted molar refractivity (Wildman–Crippen MR) is 68.8 cm³/mol. The first kappa shape index (κ1) is 13.6. The molecule has 0 aliphatic carbocycles. The van der Waals surface area contributed by atoms with Gasteiger partial charge in [-0.05, 0) is 31.2 Å². The number of halogens is 1. The molecule has 0 fully saturated rings. The molecule has 102 valence electrons. The Morgan fingerprint density at radius 2 is 2.25 bits per heavy atom. The fourth-order valence-corrected chi connectivity index (χ4v) is 1.79. The predicted octanol–water partition coefficient (Wildman–Crippen LogP) is 2.91. The average molecular weight is 274 g/mol. The van der Waals surface area contributed by atoms with Crippen molar-refractivity contribution in [2.24, 2.45) is 0 Å². The van der Waals surface area contributed by atoms with Gasteiger partial charge in [0.15, 0.2) is 0 Å². The number of nitrogens with zero attached hydrogens (tertiary/aromatic N) is 1. The van der Waals surface area contributed by atoms with Gasteiger partial charge in [-0.3, -0.25) is 0 Å². The van der Waals surface area contributed by atoms with Gasteiger partial charge in [0.2, 0.25) is 5.76 Å². The first-order chi connectivity index (χ1) is 9.51. The zero-order valence-electron chi connectivity index (χ0n) is 10.6. The SMILES string of the molecule is Cc1cc(CNc2ccc(F)cc2C#N)oc1C(=O)O. The van der Waals surface area contributed by atoms with E-state index in [9.17, 15) is 9.18 Å². The highest BCUT2D eigenvalue weighted by Crippen LogP contribution is 2.19. The van der Waals surface area contributed by atoms with Crippen LogP contribution < -0.4 is 5.32 Å². The highest BCUT2D eigenvalue weighted by molar-refractivity contribution is 5.86. The average Bonchev–Trinajstić information content (AvgIpc) is 2.78. The van der Waals surface area contributed by atoms with E-state index in [4.69, 9.17) is 14.8 Å². The van der Waals surface area contributed by atoms with Crippen LogP contribution in [0.4, 0.5) is 10.1 Å². The molecular formula is C14H11FN2O3. The summed E-state index contributed by atoms with van der Waals surface area (Å²) in [5, 5.41) is 20.7. The molecule has 1 heterocycles. The van der Waals surface area contributed by atoms with E-state index >= 15 is 0 Å². The first-order valence-electron chi connectivity index (χ1n) is 5.77. The lowest BCUT2D eigenvalue weighted by molar-refractivity contribution is 0.0659. The van der Waals surface area contributed by atoms with Gasteiger partial charge < -0.3 is 14.8 Å². The molecule has 2 aromatic rings. The van der Waals surface area contributed by atoms with Crippen LogP contribution in [0.3, 0.4) is 0 Å². The Morgan fingerprint density at radius 3 is 2.85 bits per heavy atom. The van der Waals surface area contributed by atoms with Crippen LogP contribution >= 0.6 is 0 Å². The minimum Gasteiger partial charge on any atom is -0.475 e. The van der Waals surface area contributed by atoms with Crippen LogP contribution in [-0.4, -0.2) is 11.1 Å². The second kappa shape index (κ2) is 5.45. The van der Waals surface area contributed by atoms with Crippen LogP contribution in [0, 0.1) is 24.1 Å². The van der Waals surface area contributed by atoms with Gasteiger partial charge in [-0.1, -0.05) is 0 Å². The topological polar surface area (TPSA) is 86.3 Å². The molecule has 0 unspecified atom stereocenters. The molecule has 0 aliphatic heterocycles. The van der Waals surface area contributed by atoms with Gasteiger partial charge in [0.05, 0.1) is 17.8 Å². The number of hydrogen-bond acceptors (Lipinski definition) is 4. The summed E-state index contributed by atoms with van der Waals surface area (Å²) in [5.74, 6) is -1.31. The maximum atomic E-state index is 13.0. The molecule has 0 atom stereocenters. The zero-order valence-corrected chi connectivity index (χ0v) is 10.6. The number of rotatable bonds is 4. The molecular weight excluding hydrogens is 263 g/mol. The summed E-state index contributed by atoms with van der Waals surface area (Å²) in [6.07, 6.45) is 0. The van der Waals surface area contributed by atoms with E-state index in [0.29, 0.717) is 17.0 Å². The van der Waals surface area contributed by atoms with Crippen LogP contribution in [0.5, 0.6) is 0 Å². The van der Waals surface area contributed by atoms with Crippen molar-refractivity contribution in [1.29, 1.82) is 5.26 Å². The van der Waals surface area contributed by atoms with Crippen molar-refractivity contribution in [3.8, 4) is 6.07 Å². The van der Waals surface area contributed by atoms with Gasteiger partial charge in [0.25, 0.3) is 0 Å². The van der Waals surface area contributed by atoms with Crippen molar-refractivity contribution in [2.75, 3.05) is 5.32 Å². The maximum absolute atomic E-state index is 13.0. The normalized spacial score (nSPS) is 10.1. The van der Waals surface area contributed by atoms with E-state index in [1.165, 1.54) is 12.1 Å². The molecule has 0 amide bonds. The highest BCUT2D eigenvalue weighted by atomic mass is 19.1. The van der Waals surface area contributed by atoms with Crippen molar-refractivity contribution >= 4 is 11.7 Å². The summed E-state index contributed by atoms with van der Waals surface area (Å²) < 4.78 is 18.2. The van der Waals surface area contributed by atoms with Crippen LogP contribution in [0.25, 0.3) is 0 Å². The number of benzene rings is 1. The van der Waals surface area contributed by atoms with Crippen LogP contribution in [0.1, 0.15) is 27.4 Å². The van der Waals surface area contributed by atoms with E-state index in [0.717, 1.165) is 6.07 Å². The minimum atomic E-state index is -1.13. The summed E-state index contributed by atoms with van der Waals surface area (Å²) in [7, 11) is 0. The van der Waals surface area contributed by atoms with Crippen molar-refractivity contribution in [1.82, 2.24) is 0 Å². The molecule has 1 aromatic carbocycles. The smallest absolute Gasteiger partial charge is 0.372 e. The second-order valence-electron chi connectivity index (χ2n) is 4.19. The quantitative estimate of drug-likeness (QED) is 0.895. The summed E-state index contributed by atoms with van der Waals surface area (Å²) in [5.41, 5.74) is 1.15. The lowest BCUT2D eigenvalue weighted by atomic mass is 10.2.